The lowest BCUT2D eigenvalue weighted by atomic mass is 10.0. The summed E-state index contributed by atoms with van der Waals surface area (Å²) in [4.78, 5) is 38.4. The largest absolute Gasteiger partial charge is 0.374 e. The Morgan fingerprint density at radius 2 is 1.90 bits per heavy atom. The van der Waals surface area contributed by atoms with Gasteiger partial charge < -0.3 is 20.6 Å². The molecule has 2 aromatic rings. The monoisotopic (exact) mass is 429 g/mol. The average Bonchev–Trinajstić information content (AvgIpc) is 3.08. The fourth-order valence-corrected chi connectivity index (χ4v) is 3.91. The summed E-state index contributed by atoms with van der Waals surface area (Å²) in [6.45, 7) is 0.0726. The summed E-state index contributed by atoms with van der Waals surface area (Å²) in [5, 5.41) is 14.2. The van der Waals surface area contributed by atoms with Crippen LogP contribution in [0.3, 0.4) is 0 Å². The van der Waals surface area contributed by atoms with Crippen molar-refractivity contribution in [3.63, 3.8) is 0 Å². The molecule has 2 aliphatic heterocycles. The average molecular weight is 429 g/mol. The third kappa shape index (κ3) is 4.00. The molecule has 0 radical (unpaired) electrons. The lowest BCUT2D eigenvalue weighted by Gasteiger charge is -2.32. The molecule has 0 bridgehead atoms. The third-order valence-corrected chi connectivity index (χ3v) is 5.58. The van der Waals surface area contributed by atoms with Gasteiger partial charge in [-0.1, -0.05) is 42.5 Å². The molecule has 1 saturated heterocycles. The molecule has 0 aromatic heterocycles. The molecular formula is C22H21F2N3O4. The summed E-state index contributed by atoms with van der Waals surface area (Å²) in [6.07, 6.45) is -0.207. The Bertz CT molecular complexity index is 1030. The molecule has 0 aliphatic carbocycles. The van der Waals surface area contributed by atoms with Crippen LogP contribution in [0.1, 0.15) is 39.9 Å². The molecule has 2 unspecified atom stereocenters. The maximum atomic E-state index is 14.3. The van der Waals surface area contributed by atoms with Crippen molar-refractivity contribution in [3.8, 4) is 0 Å². The Kier molecular flexibility index (Phi) is 5.45. The summed E-state index contributed by atoms with van der Waals surface area (Å²) in [6, 6.07) is 11.0. The van der Waals surface area contributed by atoms with E-state index in [1.54, 1.807) is 24.3 Å². The predicted octanol–water partition coefficient (Wildman–Crippen LogP) is 1.65. The van der Waals surface area contributed by atoms with Gasteiger partial charge in [0.25, 0.3) is 11.8 Å². The number of fused-ring (bicyclic) bond motifs is 1. The summed E-state index contributed by atoms with van der Waals surface area (Å²) < 4.78 is 28.7. The van der Waals surface area contributed by atoms with Crippen molar-refractivity contribution in [2.45, 2.75) is 44.1 Å². The molecule has 0 spiro atoms. The fourth-order valence-electron chi connectivity index (χ4n) is 3.91. The first-order valence-electron chi connectivity index (χ1n) is 9.90. The highest BCUT2D eigenvalue weighted by Crippen LogP contribution is 2.30. The minimum Gasteiger partial charge on any atom is -0.374 e. The number of nitrogens with zero attached hydrogens (tertiary/aromatic N) is 1. The summed E-state index contributed by atoms with van der Waals surface area (Å²) >= 11 is 0. The van der Waals surface area contributed by atoms with Gasteiger partial charge >= 0.3 is 5.92 Å². The van der Waals surface area contributed by atoms with Gasteiger partial charge in [0.15, 0.2) is 0 Å². The van der Waals surface area contributed by atoms with E-state index in [4.69, 9.17) is 0 Å². The predicted molar refractivity (Wildman–Crippen MR) is 106 cm³/mol. The number of halogens is 2. The van der Waals surface area contributed by atoms with Crippen LogP contribution in [0.25, 0.3) is 0 Å². The third-order valence-electron chi connectivity index (χ3n) is 5.58. The number of aliphatic hydroxyl groups excluding tert-OH is 1. The van der Waals surface area contributed by atoms with Crippen molar-refractivity contribution < 1.29 is 28.3 Å². The number of carbonyl (C=O) groups is 3. The van der Waals surface area contributed by atoms with Gasteiger partial charge in [-0.15, -0.1) is 0 Å². The number of benzene rings is 2. The first-order valence-corrected chi connectivity index (χ1v) is 9.90. The summed E-state index contributed by atoms with van der Waals surface area (Å²) in [5.41, 5.74) is 1.27. The maximum absolute atomic E-state index is 14.3. The minimum atomic E-state index is -3.66. The molecule has 3 amide bonds. The Balaban J connectivity index is 1.43. The number of amides is 3. The van der Waals surface area contributed by atoms with Gasteiger partial charge in [0.2, 0.25) is 5.91 Å². The molecule has 0 saturated carbocycles. The number of hydrogen-bond donors (Lipinski definition) is 3. The van der Waals surface area contributed by atoms with E-state index in [1.807, 2.05) is 0 Å². The second-order valence-electron chi connectivity index (χ2n) is 7.67. The van der Waals surface area contributed by atoms with Crippen LogP contribution < -0.4 is 10.6 Å². The Hall–Kier alpha value is -3.33. The van der Waals surface area contributed by atoms with E-state index in [-0.39, 0.29) is 19.0 Å². The number of rotatable bonds is 5. The normalized spacial score (nSPS) is 20.9. The number of aliphatic hydroxyl groups is 1. The molecule has 31 heavy (non-hydrogen) atoms. The topological polar surface area (TPSA) is 98.7 Å². The molecule has 3 N–H and O–H groups in total. The van der Waals surface area contributed by atoms with Crippen LogP contribution in [0.15, 0.2) is 48.5 Å². The number of hydrogen-bond acceptors (Lipinski definition) is 4. The zero-order chi connectivity index (χ0) is 22.2. The van der Waals surface area contributed by atoms with E-state index in [0.717, 1.165) is 0 Å². The second kappa shape index (κ2) is 8.07. The van der Waals surface area contributed by atoms with Gasteiger partial charge in [0.05, 0.1) is 0 Å². The van der Waals surface area contributed by atoms with Gasteiger partial charge in [-0.05, 0) is 30.0 Å². The first-order chi connectivity index (χ1) is 14.8. The Morgan fingerprint density at radius 1 is 1.16 bits per heavy atom. The van der Waals surface area contributed by atoms with Crippen LogP contribution in [0.5, 0.6) is 0 Å². The van der Waals surface area contributed by atoms with Gasteiger partial charge in [-0.2, -0.15) is 8.78 Å². The lowest BCUT2D eigenvalue weighted by Crippen LogP contribution is -2.54. The Labute approximate surface area is 177 Å². The molecule has 4 rings (SSSR count). The molecule has 1 fully saturated rings. The van der Waals surface area contributed by atoms with E-state index in [0.29, 0.717) is 29.5 Å². The van der Waals surface area contributed by atoms with Crippen LogP contribution in [0, 0.1) is 0 Å². The number of nitrogens with one attached hydrogen (secondary N) is 2. The highest BCUT2D eigenvalue weighted by Gasteiger charge is 2.41. The molecule has 2 aromatic carbocycles. The molecule has 162 valence electrons. The Morgan fingerprint density at radius 3 is 2.61 bits per heavy atom. The zero-order valence-corrected chi connectivity index (χ0v) is 16.5. The first kappa shape index (κ1) is 20.9. The number of carbonyl (C=O) groups excluding carboxylic acids is 3. The van der Waals surface area contributed by atoms with Gasteiger partial charge in [0.1, 0.15) is 12.3 Å². The van der Waals surface area contributed by atoms with E-state index < -0.39 is 35.6 Å². The van der Waals surface area contributed by atoms with E-state index in [9.17, 15) is 28.3 Å². The van der Waals surface area contributed by atoms with Crippen molar-refractivity contribution in [1.82, 2.24) is 15.5 Å². The van der Waals surface area contributed by atoms with Crippen LogP contribution in [0.4, 0.5) is 8.78 Å². The minimum absolute atomic E-state index is 0.126. The molecule has 7 nitrogen and oxygen atoms in total. The van der Waals surface area contributed by atoms with Crippen LogP contribution >= 0.6 is 0 Å². The summed E-state index contributed by atoms with van der Waals surface area (Å²) in [7, 11) is 0. The number of alkyl halides is 2. The molecule has 9 heteroatoms. The molecular weight excluding hydrogens is 408 g/mol. The van der Waals surface area contributed by atoms with E-state index >= 15 is 0 Å². The number of piperidine rings is 1. The highest BCUT2D eigenvalue weighted by molar-refractivity contribution is 6.01. The van der Waals surface area contributed by atoms with Gasteiger partial charge in [-0.25, -0.2) is 0 Å². The van der Waals surface area contributed by atoms with Crippen LogP contribution in [0.2, 0.25) is 0 Å². The SMILES string of the molecule is O=C1NC(O)CCC1N1Cc2cc(CNC(=O)C(F)(F)c3ccccc3)ccc2C1=O. The van der Waals surface area contributed by atoms with Crippen molar-refractivity contribution >= 4 is 17.7 Å². The van der Waals surface area contributed by atoms with Crippen molar-refractivity contribution in [1.29, 1.82) is 0 Å². The molecule has 2 heterocycles. The standard InChI is InChI=1S/C22H21F2N3O4/c23-22(24,15-4-2-1-3-5-15)21(31)25-11-13-6-7-16-14(10-13)12-27(20(16)30)17-8-9-18(28)26-19(17)29/h1-7,10,17-18,28H,8-9,11-12H2,(H,25,31)(H,26,29). The van der Waals surface area contributed by atoms with Gasteiger partial charge in [-0.3, -0.25) is 14.4 Å². The van der Waals surface area contributed by atoms with E-state index in [2.05, 4.69) is 10.6 Å². The highest BCUT2D eigenvalue weighted by atomic mass is 19.3. The van der Waals surface area contributed by atoms with Crippen LogP contribution in [-0.4, -0.2) is 40.0 Å². The summed E-state index contributed by atoms with van der Waals surface area (Å²) in [5.74, 6) is -5.77. The van der Waals surface area contributed by atoms with E-state index in [1.165, 1.54) is 29.2 Å². The van der Waals surface area contributed by atoms with Crippen LogP contribution in [-0.2, 0) is 28.6 Å². The van der Waals surface area contributed by atoms with Crippen molar-refractivity contribution in [2.75, 3.05) is 0 Å². The quantitative estimate of drug-likeness (QED) is 0.673. The molecule has 2 aliphatic rings. The van der Waals surface area contributed by atoms with Gasteiger partial charge in [0, 0.05) is 24.2 Å². The zero-order valence-electron chi connectivity index (χ0n) is 16.5. The van der Waals surface area contributed by atoms with Crippen molar-refractivity contribution in [3.05, 3.63) is 70.8 Å². The smallest absolute Gasteiger partial charge is 0.349 e. The maximum Gasteiger partial charge on any atom is 0.349 e. The second-order valence-corrected chi connectivity index (χ2v) is 7.67. The molecule has 2 atom stereocenters. The van der Waals surface area contributed by atoms with Crippen molar-refractivity contribution in [2.24, 2.45) is 0 Å². The fraction of sp³-hybridized carbons (Fsp3) is 0.318. The lowest BCUT2D eigenvalue weighted by molar-refractivity contribution is -0.147.